The fraction of sp³-hybridized carbons (Fsp3) is 0.583. The highest BCUT2D eigenvalue weighted by Gasteiger charge is 2.08. The monoisotopic (exact) mass is 255 g/mol. The summed E-state index contributed by atoms with van der Waals surface area (Å²) in [6.07, 6.45) is 4.89. The van der Waals surface area contributed by atoms with E-state index in [2.05, 4.69) is 15.3 Å². The van der Waals surface area contributed by atoms with Gasteiger partial charge in [-0.1, -0.05) is 13.3 Å². The number of hydrogen-bond acceptors (Lipinski definition) is 4. The van der Waals surface area contributed by atoms with Crippen LogP contribution in [0.15, 0.2) is 12.4 Å². The molecule has 0 saturated carbocycles. The number of aromatic nitrogens is 2. The Kier molecular flexibility index (Phi) is 6.04. The molecule has 2 N–H and O–H groups in total. The van der Waals surface area contributed by atoms with Crippen LogP contribution in [0.25, 0.3) is 0 Å². The highest BCUT2D eigenvalue weighted by Crippen LogP contribution is 2.15. The number of hydrogen-bond donors (Lipinski definition) is 2. The number of halogens is 1. The Hall–Kier alpha value is -1.72. The first-order valence-electron chi connectivity index (χ1n) is 6.05. The third-order valence-corrected chi connectivity index (χ3v) is 2.80. The van der Waals surface area contributed by atoms with Gasteiger partial charge in [-0.15, -0.1) is 0 Å². The molecule has 1 aromatic heterocycles. The molecule has 0 spiro atoms. The van der Waals surface area contributed by atoms with E-state index in [4.69, 9.17) is 5.11 Å². The average Bonchev–Trinajstić information content (AvgIpc) is 2.35. The van der Waals surface area contributed by atoms with Crippen LogP contribution in [0.3, 0.4) is 0 Å². The smallest absolute Gasteiger partial charge is 0.303 e. The molecule has 6 heteroatoms. The largest absolute Gasteiger partial charge is 0.481 e. The summed E-state index contributed by atoms with van der Waals surface area (Å²) in [4.78, 5) is 18.0. The number of carboxylic acid groups (broad SMARTS) is 1. The molecule has 0 aliphatic carbocycles. The summed E-state index contributed by atoms with van der Waals surface area (Å²) in [6, 6.07) is 0. The number of rotatable bonds is 8. The molecule has 100 valence electrons. The van der Waals surface area contributed by atoms with Crippen molar-refractivity contribution in [2.45, 2.75) is 32.6 Å². The van der Waals surface area contributed by atoms with E-state index in [0.29, 0.717) is 24.8 Å². The first kappa shape index (κ1) is 14.3. The molecule has 0 fully saturated rings. The minimum atomic E-state index is -0.761. The lowest BCUT2D eigenvalue weighted by atomic mass is 9.97. The van der Waals surface area contributed by atoms with Gasteiger partial charge in [-0.05, 0) is 18.8 Å². The van der Waals surface area contributed by atoms with Crippen LogP contribution in [0.1, 0.15) is 32.6 Å². The first-order chi connectivity index (χ1) is 8.61. The topological polar surface area (TPSA) is 75.1 Å². The number of aliphatic carboxylic acids is 1. The van der Waals surface area contributed by atoms with Crippen LogP contribution in [-0.4, -0.2) is 27.6 Å². The van der Waals surface area contributed by atoms with Crippen molar-refractivity contribution < 1.29 is 14.3 Å². The van der Waals surface area contributed by atoms with Crippen molar-refractivity contribution in [1.29, 1.82) is 0 Å². The molecule has 0 amide bonds. The summed E-state index contributed by atoms with van der Waals surface area (Å²) in [7, 11) is 0. The van der Waals surface area contributed by atoms with Crippen molar-refractivity contribution in [2.24, 2.45) is 5.92 Å². The van der Waals surface area contributed by atoms with Crippen molar-refractivity contribution in [1.82, 2.24) is 9.97 Å². The molecule has 1 aromatic rings. The Morgan fingerprint density at radius 2 is 2.11 bits per heavy atom. The third kappa shape index (κ3) is 5.56. The second-order valence-corrected chi connectivity index (χ2v) is 4.15. The molecule has 18 heavy (non-hydrogen) atoms. The summed E-state index contributed by atoms with van der Waals surface area (Å²) in [6.45, 7) is 2.70. The van der Waals surface area contributed by atoms with Crippen molar-refractivity contribution in [2.75, 3.05) is 11.9 Å². The van der Waals surface area contributed by atoms with Gasteiger partial charge in [0.25, 0.3) is 0 Å². The van der Waals surface area contributed by atoms with Crippen LogP contribution in [0, 0.1) is 11.7 Å². The first-order valence-corrected chi connectivity index (χ1v) is 6.05. The minimum Gasteiger partial charge on any atom is -0.481 e. The van der Waals surface area contributed by atoms with E-state index >= 15 is 0 Å². The second kappa shape index (κ2) is 7.58. The molecule has 1 rings (SSSR count). The van der Waals surface area contributed by atoms with Gasteiger partial charge in [0.05, 0.1) is 12.4 Å². The maximum absolute atomic E-state index is 12.6. The lowest BCUT2D eigenvalue weighted by Crippen LogP contribution is -2.11. The number of anilines is 1. The molecule has 0 bridgehead atoms. The van der Waals surface area contributed by atoms with Gasteiger partial charge in [0.1, 0.15) is 0 Å². The Morgan fingerprint density at radius 3 is 2.67 bits per heavy atom. The van der Waals surface area contributed by atoms with Gasteiger partial charge in [0, 0.05) is 13.0 Å². The van der Waals surface area contributed by atoms with Crippen LogP contribution in [0.5, 0.6) is 0 Å². The number of nitrogens with zero attached hydrogens (tertiary/aromatic N) is 2. The molecule has 1 atom stereocenters. The van der Waals surface area contributed by atoms with E-state index in [9.17, 15) is 9.18 Å². The normalized spacial score (nSPS) is 12.1. The second-order valence-electron chi connectivity index (χ2n) is 4.15. The van der Waals surface area contributed by atoms with Gasteiger partial charge in [0.15, 0.2) is 5.82 Å². The van der Waals surface area contributed by atoms with Crippen LogP contribution in [-0.2, 0) is 4.79 Å². The zero-order valence-corrected chi connectivity index (χ0v) is 10.4. The predicted octanol–water partition coefficient (Wildman–Crippen LogP) is 2.31. The Balaban J connectivity index is 2.26. The highest BCUT2D eigenvalue weighted by molar-refractivity contribution is 5.66. The fourth-order valence-electron chi connectivity index (χ4n) is 1.67. The number of carbonyl (C=O) groups is 1. The Labute approximate surface area is 105 Å². The summed E-state index contributed by atoms with van der Waals surface area (Å²) in [5, 5.41) is 11.6. The molecule has 0 aliphatic heterocycles. The lowest BCUT2D eigenvalue weighted by molar-refractivity contribution is -0.137. The summed E-state index contributed by atoms with van der Waals surface area (Å²) < 4.78 is 12.6. The fourth-order valence-corrected chi connectivity index (χ4v) is 1.67. The summed E-state index contributed by atoms with van der Waals surface area (Å²) in [5.41, 5.74) is 0. The zero-order valence-electron chi connectivity index (χ0n) is 10.4. The van der Waals surface area contributed by atoms with E-state index in [1.54, 1.807) is 0 Å². The van der Waals surface area contributed by atoms with E-state index in [1.807, 2.05) is 6.92 Å². The van der Waals surface area contributed by atoms with Gasteiger partial charge in [-0.2, -0.15) is 0 Å². The van der Waals surface area contributed by atoms with Gasteiger partial charge in [-0.3, -0.25) is 4.79 Å². The molecular formula is C12H18FN3O2. The lowest BCUT2D eigenvalue weighted by Gasteiger charge is -2.13. The number of carboxylic acids is 1. The van der Waals surface area contributed by atoms with Gasteiger partial charge < -0.3 is 10.4 Å². The van der Waals surface area contributed by atoms with Crippen molar-refractivity contribution in [3.63, 3.8) is 0 Å². The van der Waals surface area contributed by atoms with E-state index < -0.39 is 11.8 Å². The van der Waals surface area contributed by atoms with E-state index in [1.165, 1.54) is 0 Å². The molecule has 0 saturated heterocycles. The van der Waals surface area contributed by atoms with Gasteiger partial charge in [0.2, 0.25) is 5.95 Å². The minimum absolute atomic E-state index is 0.200. The molecule has 0 radical (unpaired) electrons. The predicted molar refractivity (Wildman–Crippen MR) is 65.7 cm³/mol. The number of nitrogens with one attached hydrogen (secondary N) is 1. The van der Waals surface area contributed by atoms with Crippen LogP contribution in [0.4, 0.5) is 10.3 Å². The summed E-state index contributed by atoms with van der Waals surface area (Å²) >= 11 is 0. The third-order valence-electron chi connectivity index (χ3n) is 2.80. The van der Waals surface area contributed by atoms with E-state index in [-0.39, 0.29) is 6.42 Å². The van der Waals surface area contributed by atoms with Crippen LogP contribution in [0.2, 0.25) is 0 Å². The standard InChI is InChI=1S/C12H18FN3O2/c1-2-9(3-4-11(17)18)5-6-14-12-15-7-10(13)8-16-12/h7-9H,2-6H2,1H3,(H,17,18)(H,14,15,16). The van der Waals surface area contributed by atoms with Crippen molar-refractivity contribution >= 4 is 11.9 Å². The van der Waals surface area contributed by atoms with Crippen molar-refractivity contribution in [3.8, 4) is 0 Å². The quantitative estimate of drug-likeness (QED) is 0.745. The van der Waals surface area contributed by atoms with Crippen molar-refractivity contribution in [3.05, 3.63) is 18.2 Å². The molecule has 1 unspecified atom stereocenters. The molecular weight excluding hydrogens is 237 g/mol. The Bertz CT molecular complexity index is 370. The van der Waals surface area contributed by atoms with Crippen LogP contribution >= 0.6 is 0 Å². The highest BCUT2D eigenvalue weighted by atomic mass is 19.1. The summed E-state index contributed by atoms with van der Waals surface area (Å²) in [5.74, 6) is -0.463. The maximum atomic E-state index is 12.6. The van der Waals surface area contributed by atoms with Gasteiger partial charge in [-0.25, -0.2) is 14.4 Å². The van der Waals surface area contributed by atoms with Crippen LogP contribution < -0.4 is 5.32 Å². The average molecular weight is 255 g/mol. The zero-order chi connectivity index (χ0) is 13.4. The SMILES string of the molecule is CCC(CCNc1ncc(F)cn1)CCC(=O)O. The Morgan fingerprint density at radius 1 is 1.44 bits per heavy atom. The van der Waals surface area contributed by atoms with E-state index in [0.717, 1.165) is 25.2 Å². The molecule has 5 nitrogen and oxygen atoms in total. The molecule has 0 aliphatic rings. The maximum Gasteiger partial charge on any atom is 0.303 e. The van der Waals surface area contributed by atoms with Gasteiger partial charge >= 0.3 is 5.97 Å². The molecule has 1 heterocycles. The molecule has 0 aromatic carbocycles.